The topological polar surface area (TPSA) is 76.7 Å². The van der Waals surface area contributed by atoms with Gasteiger partial charge >= 0.3 is 0 Å². The Bertz CT molecular complexity index is 430. The van der Waals surface area contributed by atoms with Crippen molar-refractivity contribution in [3.05, 3.63) is 23.1 Å². The second-order valence-corrected chi connectivity index (χ2v) is 3.64. The summed E-state index contributed by atoms with van der Waals surface area (Å²) in [7, 11) is 0. The quantitative estimate of drug-likeness (QED) is 0.767. The third kappa shape index (κ3) is 1.75. The summed E-state index contributed by atoms with van der Waals surface area (Å²) in [5.41, 5.74) is 5.98. The number of hydrogen-bond acceptors (Lipinski definition) is 6. The Balaban J connectivity index is 2.29. The summed E-state index contributed by atoms with van der Waals surface area (Å²) in [6.45, 7) is 0. The lowest BCUT2D eigenvalue weighted by atomic mass is 10.5. The van der Waals surface area contributed by atoms with Gasteiger partial charge in [-0.1, -0.05) is 11.6 Å². The van der Waals surface area contributed by atoms with E-state index in [0.717, 1.165) is 0 Å². The fourth-order valence-electron chi connectivity index (χ4n) is 0.860. The Hall–Kier alpha value is -1.40. The van der Waals surface area contributed by atoms with Crippen molar-refractivity contribution < 1.29 is 0 Å². The van der Waals surface area contributed by atoms with Crippen molar-refractivity contribution >= 4 is 39.6 Å². The molecule has 2 aromatic heterocycles. The summed E-state index contributed by atoms with van der Waals surface area (Å²) in [4.78, 5) is 11.7. The lowest BCUT2D eigenvalue weighted by molar-refractivity contribution is 1.17. The van der Waals surface area contributed by atoms with E-state index in [1.54, 1.807) is 6.20 Å². The zero-order valence-corrected chi connectivity index (χ0v) is 8.51. The molecule has 0 bridgehead atoms. The van der Waals surface area contributed by atoms with Gasteiger partial charge in [0, 0.05) is 11.6 Å². The molecule has 72 valence electrons. The second-order valence-electron chi connectivity index (χ2n) is 2.39. The van der Waals surface area contributed by atoms with Crippen molar-refractivity contribution in [3.63, 3.8) is 0 Å². The first-order valence-corrected chi connectivity index (χ1v) is 4.95. The monoisotopic (exact) mass is 227 g/mol. The molecule has 0 saturated heterocycles. The Kier molecular flexibility index (Phi) is 2.47. The molecule has 0 aliphatic heterocycles. The highest BCUT2D eigenvalue weighted by Gasteiger charge is 2.06. The molecule has 0 aliphatic rings. The predicted molar refractivity (Wildman–Crippen MR) is 56.9 cm³/mol. The highest BCUT2D eigenvalue weighted by Crippen LogP contribution is 2.25. The fraction of sp³-hybridized carbons (Fsp3) is 0. The van der Waals surface area contributed by atoms with Gasteiger partial charge in [-0.15, -0.1) is 11.3 Å². The smallest absolute Gasteiger partial charge is 0.188 e. The maximum atomic E-state index is 5.72. The SMILES string of the molecule is Nc1c(Cl)ncnc1Nc1nccs1. The van der Waals surface area contributed by atoms with Crippen molar-refractivity contribution in [2.45, 2.75) is 0 Å². The standard InChI is InChI=1S/C7H6ClN5S/c8-5-4(9)6(12-3-11-5)13-7-10-1-2-14-7/h1-3H,9H2,(H,10,11,12,13). The van der Waals surface area contributed by atoms with Gasteiger partial charge in [-0.05, 0) is 0 Å². The molecule has 5 nitrogen and oxygen atoms in total. The molecule has 0 saturated carbocycles. The van der Waals surface area contributed by atoms with Gasteiger partial charge in [-0.25, -0.2) is 15.0 Å². The molecule has 2 heterocycles. The second kappa shape index (κ2) is 3.77. The van der Waals surface area contributed by atoms with Gasteiger partial charge in [-0.3, -0.25) is 0 Å². The van der Waals surface area contributed by atoms with Crippen LogP contribution in [0.3, 0.4) is 0 Å². The van der Waals surface area contributed by atoms with Crippen molar-refractivity contribution in [2.75, 3.05) is 11.1 Å². The highest BCUT2D eigenvalue weighted by atomic mass is 35.5. The number of halogens is 1. The van der Waals surface area contributed by atoms with E-state index in [1.807, 2.05) is 5.38 Å². The molecule has 0 fully saturated rings. The lowest BCUT2D eigenvalue weighted by Crippen LogP contribution is -2.00. The average molecular weight is 228 g/mol. The Morgan fingerprint density at radius 3 is 2.93 bits per heavy atom. The van der Waals surface area contributed by atoms with Crippen LogP contribution in [0.25, 0.3) is 0 Å². The van der Waals surface area contributed by atoms with Gasteiger partial charge in [0.25, 0.3) is 0 Å². The molecular weight excluding hydrogens is 222 g/mol. The molecular formula is C7H6ClN5S. The van der Waals surface area contributed by atoms with Crippen molar-refractivity contribution in [2.24, 2.45) is 0 Å². The number of aromatic nitrogens is 3. The molecule has 2 rings (SSSR count). The van der Waals surface area contributed by atoms with Crippen LogP contribution in [0, 0.1) is 0 Å². The largest absolute Gasteiger partial charge is 0.393 e. The number of anilines is 3. The normalized spacial score (nSPS) is 10.1. The van der Waals surface area contributed by atoms with Crippen LogP contribution in [0.2, 0.25) is 5.15 Å². The van der Waals surface area contributed by atoms with E-state index in [1.165, 1.54) is 17.7 Å². The zero-order valence-electron chi connectivity index (χ0n) is 6.94. The third-order valence-electron chi connectivity index (χ3n) is 1.49. The molecule has 0 amide bonds. The van der Waals surface area contributed by atoms with Crippen LogP contribution in [0.4, 0.5) is 16.6 Å². The van der Waals surface area contributed by atoms with E-state index in [4.69, 9.17) is 17.3 Å². The maximum Gasteiger partial charge on any atom is 0.188 e. The summed E-state index contributed by atoms with van der Waals surface area (Å²) in [6, 6.07) is 0. The first-order chi connectivity index (χ1) is 6.77. The lowest BCUT2D eigenvalue weighted by Gasteiger charge is -2.04. The van der Waals surface area contributed by atoms with Crippen LogP contribution in [0.15, 0.2) is 17.9 Å². The van der Waals surface area contributed by atoms with Crippen molar-refractivity contribution in [1.82, 2.24) is 15.0 Å². The van der Waals surface area contributed by atoms with Gasteiger partial charge in [0.1, 0.15) is 12.0 Å². The van der Waals surface area contributed by atoms with Crippen LogP contribution in [0.5, 0.6) is 0 Å². The number of hydrogen-bond donors (Lipinski definition) is 2. The van der Waals surface area contributed by atoms with E-state index in [0.29, 0.717) is 16.6 Å². The minimum Gasteiger partial charge on any atom is -0.393 e. The van der Waals surface area contributed by atoms with Crippen LogP contribution in [-0.2, 0) is 0 Å². The van der Waals surface area contributed by atoms with Gasteiger partial charge in [0.05, 0.1) is 0 Å². The zero-order chi connectivity index (χ0) is 9.97. The van der Waals surface area contributed by atoms with Gasteiger partial charge in [0.2, 0.25) is 0 Å². The van der Waals surface area contributed by atoms with Crippen LogP contribution in [0.1, 0.15) is 0 Å². The number of nitrogens with two attached hydrogens (primary N) is 1. The summed E-state index contributed by atoms with van der Waals surface area (Å²) in [6.07, 6.45) is 3.03. The van der Waals surface area contributed by atoms with E-state index >= 15 is 0 Å². The minimum atomic E-state index is 0.235. The van der Waals surface area contributed by atoms with Crippen molar-refractivity contribution in [3.8, 4) is 0 Å². The summed E-state index contributed by atoms with van der Waals surface area (Å²) in [5, 5.41) is 5.74. The maximum absolute atomic E-state index is 5.72. The third-order valence-corrected chi connectivity index (χ3v) is 2.48. The fourth-order valence-corrected chi connectivity index (χ4v) is 1.52. The first kappa shape index (κ1) is 9.17. The number of nitrogens with zero attached hydrogens (tertiary/aromatic N) is 3. The Morgan fingerprint density at radius 2 is 2.21 bits per heavy atom. The van der Waals surface area contributed by atoms with E-state index < -0.39 is 0 Å². The molecule has 3 N–H and O–H groups in total. The summed E-state index contributed by atoms with van der Waals surface area (Å²) < 4.78 is 0. The highest BCUT2D eigenvalue weighted by molar-refractivity contribution is 7.13. The first-order valence-electron chi connectivity index (χ1n) is 3.70. The van der Waals surface area contributed by atoms with Crippen LogP contribution < -0.4 is 11.1 Å². The van der Waals surface area contributed by atoms with Crippen molar-refractivity contribution in [1.29, 1.82) is 0 Å². The summed E-state index contributed by atoms with van der Waals surface area (Å²) >= 11 is 7.17. The molecule has 7 heteroatoms. The average Bonchev–Trinajstić information content (AvgIpc) is 2.66. The van der Waals surface area contributed by atoms with E-state index in [9.17, 15) is 0 Å². The number of thiazole rings is 1. The van der Waals surface area contributed by atoms with Crippen LogP contribution in [-0.4, -0.2) is 15.0 Å². The molecule has 0 spiro atoms. The molecule has 0 aliphatic carbocycles. The number of nitrogens with one attached hydrogen (secondary N) is 1. The molecule has 0 radical (unpaired) electrons. The summed E-state index contributed by atoms with van der Waals surface area (Å²) in [5.74, 6) is 0.472. The van der Waals surface area contributed by atoms with E-state index in [2.05, 4.69) is 20.3 Å². The number of nitrogen functional groups attached to an aromatic ring is 1. The minimum absolute atomic E-state index is 0.235. The predicted octanol–water partition coefficient (Wildman–Crippen LogP) is 1.91. The van der Waals surface area contributed by atoms with Gasteiger partial charge in [-0.2, -0.15) is 0 Å². The van der Waals surface area contributed by atoms with Crippen LogP contribution >= 0.6 is 22.9 Å². The number of rotatable bonds is 2. The van der Waals surface area contributed by atoms with Gasteiger partial charge < -0.3 is 11.1 Å². The molecule has 14 heavy (non-hydrogen) atoms. The Morgan fingerprint density at radius 1 is 1.36 bits per heavy atom. The molecule has 2 aromatic rings. The van der Waals surface area contributed by atoms with E-state index in [-0.39, 0.29) is 5.15 Å². The Labute approximate surface area is 89.0 Å². The van der Waals surface area contributed by atoms with Gasteiger partial charge in [0.15, 0.2) is 16.1 Å². The molecule has 0 aromatic carbocycles. The molecule has 0 unspecified atom stereocenters. The molecule has 0 atom stereocenters.